The van der Waals surface area contributed by atoms with E-state index in [1.165, 1.54) is 33.8 Å². The topological polar surface area (TPSA) is 45.2 Å². The summed E-state index contributed by atoms with van der Waals surface area (Å²) in [6.07, 6.45) is 1.45. The maximum Gasteiger partial charge on any atom is 0.267 e. The van der Waals surface area contributed by atoms with E-state index in [4.69, 9.17) is 0 Å². The standard InChI is InChI=1S/C16H13F2N3OS2/c1-21(2)14-10(17)6-9(7-11(14)18)20-15(22)13-8-19-16(24-13)12-4-3-5-23-12/h3-8H,1-2H3,(H,20,22). The number of anilines is 2. The Balaban J connectivity index is 1.80. The van der Waals surface area contributed by atoms with Gasteiger partial charge in [0.1, 0.15) is 15.6 Å². The molecule has 2 aromatic heterocycles. The third kappa shape index (κ3) is 3.29. The van der Waals surface area contributed by atoms with Crippen LogP contribution in [0.25, 0.3) is 9.88 Å². The van der Waals surface area contributed by atoms with E-state index in [-0.39, 0.29) is 11.4 Å². The number of nitrogens with zero attached hydrogens (tertiary/aromatic N) is 2. The van der Waals surface area contributed by atoms with Gasteiger partial charge in [-0.15, -0.1) is 22.7 Å². The highest BCUT2D eigenvalue weighted by Crippen LogP contribution is 2.30. The quantitative estimate of drug-likeness (QED) is 0.742. The summed E-state index contributed by atoms with van der Waals surface area (Å²) in [5, 5.41) is 5.16. The largest absolute Gasteiger partial charge is 0.373 e. The average molecular weight is 365 g/mol. The Bertz CT molecular complexity index is 852. The molecular formula is C16H13F2N3OS2. The molecule has 0 radical (unpaired) electrons. The third-order valence-electron chi connectivity index (χ3n) is 3.18. The van der Waals surface area contributed by atoms with Crippen molar-refractivity contribution in [1.29, 1.82) is 0 Å². The number of hydrogen-bond donors (Lipinski definition) is 1. The number of thiophene rings is 1. The number of carbonyl (C=O) groups excluding carboxylic acids is 1. The van der Waals surface area contributed by atoms with Gasteiger partial charge in [-0.05, 0) is 23.6 Å². The summed E-state index contributed by atoms with van der Waals surface area (Å²) in [7, 11) is 3.09. The highest BCUT2D eigenvalue weighted by Gasteiger charge is 2.16. The lowest BCUT2D eigenvalue weighted by atomic mass is 10.2. The van der Waals surface area contributed by atoms with Crippen molar-refractivity contribution in [2.24, 2.45) is 0 Å². The third-order valence-corrected chi connectivity index (χ3v) is 5.22. The number of carbonyl (C=O) groups is 1. The van der Waals surface area contributed by atoms with Gasteiger partial charge in [-0.25, -0.2) is 13.8 Å². The molecule has 0 aliphatic carbocycles. The van der Waals surface area contributed by atoms with Crippen LogP contribution in [0, 0.1) is 11.6 Å². The van der Waals surface area contributed by atoms with Crippen LogP contribution in [0.15, 0.2) is 35.8 Å². The molecule has 0 aliphatic rings. The summed E-state index contributed by atoms with van der Waals surface area (Å²) < 4.78 is 27.9. The number of aromatic nitrogens is 1. The average Bonchev–Trinajstić information content (AvgIpc) is 3.17. The monoisotopic (exact) mass is 365 g/mol. The minimum atomic E-state index is -0.737. The molecule has 124 valence electrons. The van der Waals surface area contributed by atoms with Gasteiger partial charge in [0, 0.05) is 19.8 Å². The normalized spacial score (nSPS) is 10.7. The molecule has 24 heavy (non-hydrogen) atoms. The fourth-order valence-electron chi connectivity index (χ4n) is 2.15. The fourth-order valence-corrected chi connectivity index (χ4v) is 3.77. The van der Waals surface area contributed by atoms with Gasteiger partial charge in [-0.3, -0.25) is 4.79 Å². The van der Waals surface area contributed by atoms with Crippen molar-refractivity contribution in [3.8, 4) is 9.88 Å². The predicted octanol–water partition coefficient (Wildman–Crippen LogP) is 4.47. The van der Waals surface area contributed by atoms with Crippen molar-refractivity contribution in [1.82, 2.24) is 4.98 Å². The van der Waals surface area contributed by atoms with Crippen molar-refractivity contribution < 1.29 is 13.6 Å². The van der Waals surface area contributed by atoms with Crippen LogP contribution in [0.3, 0.4) is 0 Å². The first-order chi connectivity index (χ1) is 11.5. The van der Waals surface area contributed by atoms with E-state index in [1.807, 2.05) is 17.5 Å². The van der Waals surface area contributed by atoms with Crippen LogP contribution < -0.4 is 10.2 Å². The van der Waals surface area contributed by atoms with Crippen LogP contribution in [0.1, 0.15) is 9.67 Å². The van der Waals surface area contributed by atoms with E-state index in [0.717, 1.165) is 22.0 Å². The molecule has 3 aromatic rings. The lowest BCUT2D eigenvalue weighted by Crippen LogP contribution is -2.15. The zero-order valence-corrected chi connectivity index (χ0v) is 14.5. The molecule has 0 saturated heterocycles. The van der Waals surface area contributed by atoms with E-state index in [0.29, 0.717) is 4.88 Å². The maximum atomic E-state index is 14.0. The second kappa shape index (κ2) is 6.66. The van der Waals surface area contributed by atoms with E-state index < -0.39 is 17.5 Å². The van der Waals surface area contributed by atoms with Gasteiger partial charge < -0.3 is 10.2 Å². The number of benzene rings is 1. The number of thiazole rings is 1. The first kappa shape index (κ1) is 16.5. The summed E-state index contributed by atoms with van der Waals surface area (Å²) in [6, 6.07) is 6.00. The first-order valence-electron chi connectivity index (χ1n) is 6.93. The van der Waals surface area contributed by atoms with Crippen molar-refractivity contribution >= 4 is 40.0 Å². The molecule has 8 heteroatoms. The molecule has 0 spiro atoms. The van der Waals surface area contributed by atoms with Gasteiger partial charge in [-0.2, -0.15) is 0 Å². The lowest BCUT2D eigenvalue weighted by Gasteiger charge is -2.15. The molecule has 0 atom stereocenters. The molecule has 3 rings (SSSR count). The minimum absolute atomic E-state index is 0.0617. The number of halogens is 2. The Morgan fingerprint density at radius 3 is 2.54 bits per heavy atom. The zero-order valence-electron chi connectivity index (χ0n) is 12.8. The zero-order chi connectivity index (χ0) is 17.3. The highest BCUT2D eigenvalue weighted by atomic mass is 32.1. The van der Waals surface area contributed by atoms with Gasteiger partial charge in [0.25, 0.3) is 5.91 Å². The maximum absolute atomic E-state index is 14.0. The second-order valence-electron chi connectivity index (χ2n) is 5.14. The second-order valence-corrected chi connectivity index (χ2v) is 7.12. The SMILES string of the molecule is CN(C)c1c(F)cc(NC(=O)c2cnc(-c3cccs3)s2)cc1F. The van der Waals surface area contributed by atoms with E-state index >= 15 is 0 Å². The Morgan fingerprint density at radius 2 is 1.96 bits per heavy atom. The Hall–Kier alpha value is -2.32. The molecular weight excluding hydrogens is 352 g/mol. The fraction of sp³-hybridized carbons (Fsp3) is 0.125. The van der Waals surface area contributed by atoms with Gasteiger partial charge in [-0.1, -0.05) is 6.07 Å². The molecule has 4 nitrogen and oxygen atoms in total. The number of rotatable bonds is 4. The van der Waals surface area contributed by atoms with Crippen LogP contribution in [0.2, 0.25) is 0 Å². The van der Waals surface area contributed by atoms with Crippen LogP contribution in [0.5, 0.6) is 0 Å². The van der Waals surface area contributed by atoms with Crippen molar-refractivity contribution in [3.63, 3.8) is 0 Å². The smallest absolute Gasteiger partial charge is 0.267 e. The summed E-state index contributed by atoms with van der Waals surface area (Å²) in [6.45, 7) is 0. The number of hydrogen-bond acceptors (Lipinski definition) is 5. The molecule has 0 bridgehead atoms. The first-order valence-corrected chi connectivity index (χ1v) is 8.62. The molecule has 0 aliphatic heterocycles. The summed E-state index contributed by atoms with van der Waals surface area (Å²) >= 11 is 2.75. The Kier molecular flexibility index (Phi) is 4.59. The van der Waals surface area contributed by atoms with Gasteiger partial charge in [0.05, 0.1) is 11.1 Å². The number of nitrogens with one attached hydrogen (secondary N) is 1. The molecule has 1 amide bonds. The van der Waals surface area contributed by atoms with Gasteiger partial charge >= 0.3 is 0 Å². The van der Waals surface area contributed by atoms with Crippen molar-refractivity contribution in [2.45, 2.75) is 0 Å². The van der Waals surface area contributed by atoms with Crippen LogP contribution in [-0.4, -0.2) is 25.0 Å². The summed E-state index contributed by atoms with van der Waals surface area (Å²) in [5.74, 6) is -1.93. The highest BCUT2D eigenvalue weighted by molar-refractivity contribution is 7.22. The van der Waals surface area contributed by atoms with Gasteiger partial charge in [0.15, 0.2) is 11.6 Å². The molecule has 1 N–H and O–H groups in total. The van der Waals surface area contributed by atoms with E-state index in [2.05, 4.69) is 10.3 Å². The predicted molar refractivity (Wildman–Crippen MR) is 94.1 cm³/mol. The molecule has 0 fully saturated rings. The van der Waals surface area contributed by atoms with Gasteiger partial charge in [0.2, 0.25) is 0 Å². The van der Waals surface area contributed by atoms with E-state index in [9.17, 15) is 13.6 Å². The van der Waals surface area contributed by atoms with E-state index in [1.54, 1.807) is 14.1 Å². The lowest BCUT2D eigenvalue weighted by molar-refractivity contribution is 0.103. The molecule has 0 saturated carbocycles. The Morgan fingerprint density at radius 1 is 1.25 bits per heavy atom. The molecule has 0 unspecified atom stereocenters. The van der Waals surface area contributed by atoms with Crippen LogP contribution in [-0.2, 0) is 0 Å². The number of amides is 1. The summed E-state index contributed by atoms with van der Waals surface area (Å²) in [5.41, 5.74) is -0.0857. The van der Waals surface area contributed by atoms with Crippen molar-refractivity contribution in [3.05, 3.63) is 52.4 Å². The minimum Gasteiger partial charge on any atom is -0.373 e. The molecule has 1 aromatic carbocycles. The molecule has 2 heterocycles. The van der Waals surface area contributed by atoms with Crippen molar-refractivity contribution in [2.75, 3.05) is 24.3 Å². The summed E-state index contributed by atoms with van der Waals surface area (Å²) in [4.78, 5) is 19.1. The van der Waals surface area contributed by atoms with Crippen LogP contribution in [0.4, 0.5) is 20.2 Å². The Labute approximate surface area is 145 Å². The van der Waals surface area contributed by atoms with Crippen LogP contribution >= 0.6 is 22.7 Å².